The first kappa shape index (κ1) is 7.49. The number of hydrogen-bond acceptors (Lipinski definition) is 2. The number of alkyl halides is 1. The number of carbonyl (C=O) groups excluding carboxylic acids is 1. The molecule has 1 aliphatic rings. The number of halogens is 1. The van der Waals surface area contributed by atoms with E-state index in [1.54, 1.807) is 6.66 Å². The summed E-state index contributed by atoms with van der Waals surface area (Å²) in [7, 11) is -2.12. The molecule has 1 saturated heterocycles. The monoisotopic (exact) mass is 210 g/mol. The first-order chi connectivity index (χ1) is 4.04. The summed E-state index contributed by atoms with van der Waals surface area (Å²) in [4.78, 5) is 10.8. The zero-order valence-electron chi connectivity index (χ0n) is 5.13. The summed E-state index contributed by atoms with van der Waals surface area (Å²) in [6, 6.07) is 0. The number of carbonyl (C=O) groups is 1. The normalized spacial score (nSPS) is 43.8. The molecule has 0 spiro atoms. The Morgan fingerprint density at radius 2 is 2.33 bits per heavy atom. The maximum absolute atomic E-state index is 11.3. The topological polar surface area (TPSA) is 34.1 Å². The van der Waals surface area contributed by atoms with Gasteiger partial charge in [0.2, 0.25) is 0 Å². The van der Waals surface area contributed by atoms with Gasteiger partial charge in [0.15, 0.2) is 5.78 Å². The zero-order chi connectivity index (χ0) is 7.07. The van der Waals surface area contributed by atoms with Crippen molar-refractivity contribution in [2.75, 3.05) is 12.8 Å². The molecular formula is C5H8BrO2P. The van der Waals surface area contributed by atoms with Gasteiger partial charge in [-0.25, -0.2) is 0 Å². The van der Waals surface area contributed by atoms with Crippen molar-refractivity contribution in [1.29, 1.82) is 0 Å². The quantitative estimate of drug-likeness (QED) is 0.451. The Morgan fingerprint density at radius 3 is 2.44 bits per heavy atom. The van der Waals surface area contributed by atoms with E-state index in [9.17, 15) is 9.36 Å². The van der Waals surface area contributed by atoms with Crippen LogP contribution in [-0.4, -0.2) is 23.2 Å². The third-order valence-corrected chi connectivity index (χ3v) is 7.02. The zero-order valence-corrected chi connectivity index (χ0v) is 7.61. The number of ketones is 1. The highest BCUT2D eigenvalue weighted by Crippen LogP contribution is 2.55. The Kier molecular flexibility index (Phi) is 1.84. The first-order valence-electron chi connectivity index (χ1n) is 2.77. The van der Waals surface area contributed by atoms with E-state index in [4.69, 9.17) is 0 Å². The minimum absolute atomic E-state index is 0.0980. The summed E-state index contributed by atoms with van der Waals surface area (Å²) in [5, 5.41) is 0. The largest absolute Gasteiger partial charge is 0.322 e. The second-order valence-electron chi connectivity index (χ2n) is 2.45. The lowest BCUT2D eigenvalue weighted by Crippen LogP contribution is -2.02. The molecule has 1 aliphatic heterocycles. The van der Waals surface area contributed by atoms with Gasteiger partial charge in [-0.05, 0) is 6.66 Å². The molecule has 0 saturated carbocycles. The Bertz CT molecular complexity index is 189. The smallest absolute Gasteiger partial charge is 0.154 e. The highest BCUT2D eigenvalue weighted by Gasteiger charge is 2.38. The van der Waals surface area contributed by atoms with Crippen molar-refractivity contribution >= 4 is 28.9 Å². The summed E-state index contributed by atoms with van der Waals surface area (Å²) in [5.41, 5.74) is 0. The van der Waals surface area contributed by atoms with Crippen molar-refractivity contribution in [2.24, 2.45) is 0 Å². The van der Waals surface area contributed by atoms with Gasteiger partial charge in [-0.15, -0.1) is 0 Å². The standard InChI is InChI=1S/C5H8BrO2P/c1-9(8)3-2-4(7)5(9)6/h5H,2-3H2,1H3. The van der Waals surface area contributed by atoms with Crippen LogP contribution in [0.2, 0.25) is 0 Å². The van der Waals surface area contributed by atoms with Crippen LogP contribution in [0.1, 0.15) is 6.42 Å². The van der Waals surface area contributed by atoms with E-state index < -0.39 is 7.14 Å². The SMILES string of the molecule is CP1(=O)CCC(=O)C1Br. The Labute approximate surface area is 62.5 Å². The van der Waals surface area contributed by atoms with Crippen LogP contribution in [0, 0.1) is 0 Å². The predicted octanol–water partition coefficient (Wildman–Crippen LogP) is 1.67. The molecule has 52 valence electrons. The predicted molar refractivity (Wildman–Crippen MR) is 40.7 cm³/mol. The summed E-state index contributed by atoms with van der Waals surface area (Å²) in [6.45, 7) is 1.68. The molecular weight excluding hydrogens is 203 g/mol. The van der Waals surface area contributed by atoms with Gasteiger partial charge in [0.25, 0.3) is 0 Å². The average molecular weight is 211 g/mol. The van der Waals surface area contributed by atoms with Crippen LogP contribution in [-0.2, 0) is 9.36 Å². The Morgan fingerprint density at radius 1 is 1.78 bits per heavy atom. The summed E-state index contributed by atoms with van der Waals surface area (Å²) in [6.07, 6.45) is 1.07. The lowest BCUT2D eigenvalue weighted by Gasteiger charge is -2.04. The summed E-state index contributed by atoms with van der Waals surface area (Å²) >= 11 is 3.11. The van der Waals surface area contributed by atoms with Gasteiger partial charge in [-0.1, -0.05) is 15.9 Å². The molecule has 9 heavy (non-hydrogen) atoms. The highest BCUT2D eigenvalue weighted by molar-refractivity contribution is 9.11. The molecule has 0 bridgehead atoms. The Balaban J connectivity index is 2.86. The summed E-state index contributed by atoms with van der Waals surface area (Å²) < 4.78 is 10.9. The lowest BCUT2D eigenvalue weighted by molar-refractivity contribution is -0.116. The van der Waals surface area contributed by atoms with Crippen molar-refractivity contribution in [3.05, 3.63) is 0 Å². The maximum Gasteiger partial charge on any atom is 0.154 e. The molecule has 0 aliphatic carbocycles. The van der Waals surface area contributed by atoms with Gasteiger partial charge in [0, 0.05) is 12.6 Å². The van der Waals surface area contributed by atoms with E-state index in [2.05, 4.69) is 15.9 Å². The number of rotatable bonds is 0. The fourth-order valence-corrected chi connectivity index (χ4v) is 3.34. The van der Waals surface area contributed by atoms with Crippen molar-refractivity contribution in [3.63, 3.8) is 0 Å². The van der Waals surface area contributed by atoms with Gasteiger partial charge < -0.3 is 4.57 Å². The fourth-order valence-electron chi connectivity index (χ4n) is 0.869. The van der Waals surface area contributed by atoms with Crippen LogP contribution in [0.4, 0.5) is 0 Å². The van der Waals surface area contributed by atoms with Crippen LogP contribution >= 0.6 is 23.1 Å². The van der Waals surface area contributed by atoms with E-state index in [1.807, 2.05) is 0 Å². The van der Waals surface area contributed by atoms with E-state index in [0.29, 0.717) is 12.6 Å². The minimum Gasteiger partial charge on any atom is -0.322 e. The maximum atomic E-state index is 11.3. The molecule has 4 heteroatoms. The van der Waals surface area contributed by atoms with Crippen molar-refractivity contribution in [2.45, 2.75) is 11.0 Å². The van der Waals surface area contributed by atoms with Crippen LogP contribution in [0.15, 0.2) is 0 Å². The van der Waals surface area contributed by atoms with Gasteiger partial charge in [0.05, 0.1) is 0 Å². The van der Waals surface area contributed by atoms with E-state index in [1.165, 1.54) is 0 Å². The molecule has 1 fully saturated rings. The van der Waals surface area contributed by atoms with E-state index >= 15 is 0 Å². The Hall–Kier alpha value is 0.380. The molecule has 0 N–H and O–H groups in total. The van der Waals surface area contributed by atoms with E-state index in [0.717, 1.165) is 0 Å². The van der Waals surface area contributed by atoms with Crippen molar-refractivity contribution in [1.82, 2.24) is 0 Å². The molecule has 2 nitrogen and oxygen atoms in total. The van der Waals surface area contributed by atoms with Gasteiger partial charge in [-0.3, -0.25) is 4.79 Å². The number of Topliss-reactive ketones (excluding diaryl/α,β-unsaturated/α-hetero) is 1. The van der Waals surface area contributed by atoms with Crippen LogP contribution in [0.5, 0.6) is 0 Å². The van der Waals surface area contributed by atoms with Crippen LogP contribution in [0.25, 0.3) is 0 Å². The molecule has 0 aromatic carbocycles. The van der Waals surface area contributed by atoms with Gasteiger partial charge in [-0.2, -0.15) is 0 Å². The molecule has 0 amide bonds. The molecule has 1 heterocycles. The number of hydrogen-bond donors (Lipinski definition) is 0. The third kappa shape index (κ3) is 1.27. The van der Waals surface area contributed by atoms with Crippen LogP contribution < -0.4 is 0 Å². The first-order valence-corrected chi connectivity index (χ1v) is 6.09. The third-order valence-electron chi connectivity index (χ3n) is 1.55. The van der Waals surface area contributed by atoms with Gasteiger partial charge in [0.1, 0.15) is 11.7 Å². The van der Waals surface area contributed by atoms with Crippen LogP contribution in [0.3, 0.4) is 0 Å². The molecule has 2 unspecified atom stereocenters. The van der Waals surface area contributed by atoms with Crippen molar-refractivity contribution < 1.29 is 9.36 Å². The fraction of sp³-hybridized carbons (Fsp3) is 0.800. The molecule has 1 rings (SSSR count). The molecule has 0 radical (unpaired) electrons. The second kappa shape index (κ2) is 2.21. The second-order valence-corrected chi connectivity index (χ2v) is 7.38. The molecule has 0 aromatic heterocycles. The summed E-state index contributed by atoms with van der Waals surface area (Å²) in [5.74, 6) is 0.0980. The van der Waals surface area contributed by atoms with Gasteiger partial charge >= 0.3 is 0 Å². The average Bonchev–Trinajstić information content (AvgIpc) is 1.97. The minimum atomic E-state index is -2.12. The highest BCUT2D eigenvalue weighted by atomic mass is 79.9. The van der Waals surface area contributed by atoms with Crippen molar-refractivity contribution in [3.8, 4) is 0 Å². The molecule has 0 aromatic rings. The van der Waals surface area contributed by atoms with E-state index in [-0.39, 0.29) is 10.4 Å². The molecule has 2 atom stereocenters. The lowest BCUT2D eigenvalue weighted by atomic mass is 10.4.